The molecule has 17 heavy (non-hydrogen) atoms. The number of rotatable bonds is 1. The van der Waals surface area contributed by atoms with E-state index in [1.807, 2.05) is 0 Å². The zero-order chi connectivity index (χ0) is 11.8. The Kier molecular flexibility index (Phi) is 1.98. The van der Waals surface area contributed by atoms with E-state index in [0.717, 1.165) is 0 Å². The third-order valence-corrected chi connectivity index (χ3v) is 2.47. The van der Waals surface area contributed by atoms with Crippen LogP contribution < -0.4 is 11.2 Å². The summed E-state index contributed by atoms with van der Waals surface area (Å²) in [6.45, 7) is 0. The molecule has 1 aromatic carbocycles. The van der Waals surface area contributed by atoms with Gasteiger partial charge in [0.2, 0.25) is 5.89 Å². The monoisotopic (exact) mass is 227 g/mol. The third-order valence-electron chi connectivity index (χ3n) is 2.47. The molecule has 0 amide bonds. The number of H-pyrrole nitrogens is 1. The smallest absolute Gasteiger partial charge is 0.232 e. The maximum atomic E-state index is 11.6. The van der Waals surface area contributed by atoms with E-state index in [4.69, 9.17) is 10.2 Å². The molecule has 0 saturated carbocycles. The number of pyridine rings is 1. The fourth-order valence-corrected chi connectivity index (χ4v) is 1.64. The van der Waals surface area contributed by atoms with Crippen molar-refractivity contribution in [3.8, 4) is 11.5 Å². The van der Waals surface area contributed by atoms with Gasteiger partial charge in [-0.2, -0.15) is 0 Å². The van der Waals surface area contributed by atoms with Crippen molar-refractivity contribution in [1.29, 1.82) is 0 Å². The summed E-state index contributed by atoms with van der Waals surface area (Å²) in [5.74, 6) is 0.299. The molecule has 0 spiro atoms. The van der Waals surface area contributed by atoms with Crippen molar-refractivity contribution in [3.05, 3.63) is 46.9 Å². The molecule has 3 N–H and O–H groups in total. The predicted octanol–water partition coefficient (Wildman–Crippen LogP) is 1.77. The third kappa shape index (κ3) is 1.57. The fraction of sp³-hybridized carbons (Fsp3) is 0. The lowest BCUT2D eigenvalue weighted by Gasteiger charge is -1.91. The Morgan fingerprint density at radius 2 is 2.18 bits per heavy atom. The molecule has 0 radical (unpaired) electrons. The van der Waals surface area contributed by atoms with Crippen LogP contribution in [0.4, 0.5) is 5.69 Å². The zero-order valence-corrected chi connectivity index (χ0v) is 8.81. The number of fused-ring (bicyclic) bond motifs is 1. The average Bonchev–Trinajstić information content (AvgIpc) is 2.72. The molecule has 0 aliphatic heterocycles. The van der Waals surface area contributed by atoms with E-state index in [2.05, 4.69) is 9.97 Å². The van der Waals surface area contributed by atoms with E-state index in [1.165, 1.54) is 6.07 Å². The highest BCUT2D eigenvalue weighted by Gasteiger charge is 2.10. The molecule has 0 atom stereocenters. The van der Waals surface area contributed by atoms with Crippen LogP contribution in [-0.2, 0) is 0 Å². The van der Waals surface area contributed by atoms with Crippen LogP contribution >= 0.6 is 0 Å². The van der Waals surface area contributed by atoms with Gasteiger partial charge in [-0.1, -0.05) is 0 Å². The summed E-state index contributed by atoms with van der Waals surface area (Å²) in [4.78, 5) is 18.7. The second-order valence-corrected chi connectivity index (χ2v) is 3.67. The van der Waals surface area contributed by atoms with Crippen LogP contribution in [0.3, 0.4) is 0 Å². The second kappa shape index (κ2) is 3.48. The standard InChI is InChI=1S/C12H9N3O2/c13-7-1-2-9-11(5-7)17-12(15-9)8-6-14-4-3-10(8)16/h1-6H,13H2,(H,14,16). The van der Waals surface area contributed by atoms with Gasteiger partial charge in [0, 0.05) is 30.2 Å². The van der Waals surface area contributed by atoms with Gasteiger partial charge in [0.15, 0.2) is 11.0 Å². The number of anilines is 1. The molecule has 0 fully saturated rings. The number of hydrogen-bond acceptors (Lipinski definition) is 4. The number of nitrogens with one attached hydrogen (secondary N) is 1. The molecule has 0 aliphatic rings. The second-order valence-electron chi connectivity index (χ2n) is 3.67. The van der Waals surface area contributed by atoms with Gasteiger partial charge in [-0.15, -0.1) is 0 Å². The summed E-state index contributed by atoms with van der Waals surface area (Å²) >= 11 is 0. The van der Waals surface area contributed by atoms with E-state index in [-0.39, 0.29) is 5.43 Å². The molecule has 5 nitrogen and oxygen atoms in total. The highest BCUT2D eigenvalue weighted by molar-refractivity contribution is 5.79. The average molecular weight is 227 g/mol. The zero-order valence-electron chi connectivity index (χ0n) is 8.81. The van der Waals surface area contributed by atoms with E-state index >= 15 is 0 Å². The van der Waals surface area contributed by atoms with Gasteiger partial charge in [-0.25, -0.2) is 4.98 Å². The number of benzene rings is 1. The number of aromatic amines is 1. The Morgan fingerprint density at radius 1 is 1.29 bits per heavy atom. The number of oxazole rings is 1. The van der Waals surface area contributed by atoms with Crippen molar-refractivity contribution in [2.75, 3.05) is 5.73 Å². The van der Waals surface area contributed by atoms with E-state index in [0.29, 0.717) is 28.2 Å². The van der Waals surface area contributed by atoms with Gasteiger partial charge in [0.25, 0.3) is 0 Å². The molecule has 0 aliphatic carbocycles. The topological polar surface area (TPSA) is 84.9 Å². The molecule has 0 unspecified atom stereocenters. The van der Waals surface area contributed by atoms with Crippen LogP contribution in [-0.4, -0.2) is 9.97 Å². The number of aromatic nitrogens is 2. The minimum atomic E-state index is -0.136. The number of hydrogen-bond donors (Lipinski definition) is 2. The van der Waals surface area contributed by atoms with Crippen molar-refractivity contribution in [2.45, 2.75) is 0 Å². The van der Waals surface area contributed by atoms with Gasteiger partial charge in [-0.3, -0.25) is 4.79 Å². The quantitative estimate of drug-likeness (QED) is 0.620. The SMILES string of the molecule is Nc1ccc2nc(-c3c[nH]ccc3=O)oc2c1. The molecule has 2 aromatic heterocycles. The van der Waals surface area contributed by atoms with Crippen LogP contribution in [0, 0.1) is 0 Å². The minimum Gasteiger partial charge on any atom is -0.436 e. The summed E-state index contributed by atoms with van der Waals surface area (Å²) in [5, 5.41) is 0. The summed E-state index contributed by atoms with van der Waals surface area (Å²) in [6, 6.07) is 6.61. The molecule has 5 heteroatoms. The first-order valence-electron chi connectivity index (χ1n) is 5.07. The Balaban J connectivity index is 2.25. The Morgan fingerprint density at radius 3 is 3.00 bits per heavy atom. The lowest BCUT2D eigenvalue weighted by molar-refractivity contribution is 0.619. The highest BCUT2D eigenvalue weighted by atomic mass is 16.3. The fourth-order valence-electron chi connectivity index (χ4n) is 1.64. The molecule has 0 saturated heterocycles. The summed E-state index contributed by atoms with van der Waals surface area (Å²) < 4.78 is 5.50. The van der Waals surface area contributed by atoms with E-state index in [1.54, 1.807) is 30.6 Å². The van der Waals surface area contributed by atoms with Crippen molar-refractivity contribution >= 4 is 16.8 Å². The Labute approximate surface area is 95.9 Å². The summed E-state index contributed by atoms with van der Waals surface area (Å²) in [5.41, 5.74) is 7.76. The maximum Gasteiger partial charge on any atom is 0.232 e. The van der Waals surface area contributed by atoms with Crippen molar-refractivity contribution in [1.82, 2.24) is 9.97 Å². The van der Waals surface area contributed by atoms with Crippen LogP contribution in [0.2, 0.25) is 0 Å². The lowest BCUT2D eigenvalue weighted by Crippen LogP contribution is -2.02. The number of nitrogens with two attached hydrogens (primary N) is 1. The lowest BCUT2D eigenvalue weighted by atomic mass is 10.3. The molecule has 0 bridgehead atoms. The predicted molar refractivity (Wildman–Crippen MR) is 64.5 cm³/mol. The van der Waals surface area contributed by atoms with Gasteiger partial charge in [-0.05, 0) is 12.1 Å². The van der Waals surface area contributed by atoms with Crippen molar-refractivity contribution in [2.24, 2.45) is 0 Å². The van der Waals surface area contributed by atoms with Crippen molar-refractivity contribution < 1.29 is 4.42 Å². The molecule has 3 aromatic rings. The molecule has 2 heterocycles. The number of nitrogens with zero attached hydrogens (tertiary/aromatic N) is 1. The van der Waals surface area contributed by atoms with Gasteiger partial charge in [0.05, 0.1) is 0 Å². The van der Waals surface area contributed by atoms with Gasteiger partial charge >= 0.3 is 0 Å². The Hall–Kier alpha value is -2.56. The van der Waals surface area contributed by atoms with E-state index < -0.39 is 0 Å². The van der Waals surface area contributed by atoms with Crippen LogP contribution in [0.1, 0.15) is 0 Å². The summed E-state index contributed by atoms with van der Waals surface area (Å²) in [7, 11) is 0. The largest absolute Gasteiger partial charge is 0.436 e. The van der Waals surface area contributed by atoms with E-state index in [9.17, 15) is 4.79 Å². The first kappa shape index (κ1) is 9.65. The molecular weight excluding hydrogens is 218 g/mol. The van der Waals surface area contributed by atoms with Gasteiger partial charge < -0.3 is 15.1 Å². The Bertz CT molecular complexity index is 743. The number of nitrogen functional groups attached to an aromatic ring is 1. The first-order valence-corrected chi connectivity index (χ1v) is 5.07. The van der Waals surface area contributed by atoms with Crippen LogP contribution in [0.15, 0.2) is 45.9 Å². The molecule has 84 valence electrons. The summed E-state index contributed by atoms with van der Waals surface area (Å²) in [6.07, 6.45) is 3.13. The first-order chi connectivity index (χ1) is 8.24. The maximum absolute atomic E-state index is 11.6. The normalized spacial score (nSPS) is 10.8. The molecular formula is C12H9N3O2. The van der Waals surface area contributed by atoms with Crippen molar-refractivity contribution in [3.63, 3.8) is 0 Å². The van der Waals surface area contributed by atoms with Gasteiger partial charge in [0.1, 0.15) is 11.1 Å². The van der Waals surface area contributed by atoms with Crippen LogP contribution in [0.25, 0.3) is 22.6 Å². The highest BCUT2D eigenvalue weighted by Crippen LogP contribution is 2.23. The minimum absolute atomic E-state index is 0.136. The molecule has 3 rings (SSSR count). The van der Waals surface area contributed by atoms with Crippen LogP contribution in [0.5, 0.6) is 0 Å².